The van der Waals surface area contributed by atoms with E-state index in [0.29, 0.717) is 31.3 Å². The van der Waals surface area contributed by atoms with Crippen molar-refractivity contribution in [3.63, 3.8) is 0 Å². The van der Waals surface area contributed by atoms with Crippen LogP contribution in [0.4, 0.5) is 0 Å². The smallest absolute Gasteiger partial charge is 0.260 e. The van der Waals surface area contributed by atoms with Gasteiger partial charge in [0.25, 0.3) is 5.91 Å². The van der Waals surface area contributed by atoms with Gasteiger partial charge in [0.15, 0.2) is 12.5 Å². The molecule has 1 saturated heterocycles. The predicted molar refractivity (Wildman–Crippen MR) is 126 cm³/mol. The summed E-state index contributed by atoms with van der Waals surface area (Å²) in [6, 6.07) is 15.5. The molecule has 3 heterocycles. The van der Waals surface area contributed by atoms with Crippen molar-refractivity contribution in [3.05, 3.63) is 78.3 Å². The van der Waals surface area contributed by atoms with Crippen molar-refractivity contribution in [2.24, 2.45) is 0 Å². The summed E-state index contributed by atoms with van der Waals surface area (Å²) in [6.07, 6.45) is 5.69. The highest BCUT2D eigenvalue weighted by molar-refractivity contribution is 5.84. The number of nitrogens with zero attached hydrogens (tertiary/aromatic N) is 4. The fraction of sp³-hybridized carbons (Fsp3) is 0.308. The maximum absolute atomic E-state index is 12.9. The largest absolute Gasteiger partial charge is 0.497 e. The third-order valence-corrected chi connectivity index (χ3v) is 6.05. The minimum absolute atomic E-state index is 0.0663. The minimum atomic E-state index is -0.0736. The Bertz CT molecular complexity index is 1280. The van der Waals surface area contributed by atoms with Crippen molar-refractivity contribution in [1.29, 1.82) is 0 Å². The van der Waals surface area contributed by atoms with E-state index >= 15 is 0 Å². The molecule has 1 unspecified atom stereocenters. The van der Waals surface area contributed by atoms with Crippen molar-refractivity contribution in [2.75, 3.05) is 26.8 Å². The fourth-order valence-electron chi connectivity index (χ4n) is 4.30. The average Bonchev–Trinajstić information content (AvgIpc) is 3.36. The maximum Gasteiger partial charge on any atom is 0.260 e. The van der Waals surface area contributed by atoms with Crippen molar-refractivity contribution in [1.82, 2.24) is 19.9 Å². The zero-order valence-electron chi connectivity index (χ0n) is 19.0. The molecule has 0 aliphatic carbocycles. The molecule has 8 heteroatoms. The van der Waals surface area contributed by atoms with Crippen LogP contribution in [-0.4, -0.2) is 52.6 Å². The number of para-hydroxylation sites is 1. The average molecular weight is 459 g/mol. The van der Waals surface area contributed by atoms with Crippen molar-refractivity contribution >= 4 is 16.8 Å². The second-order valence-electron chi connectivity index (χ2n) is 8.36. The van der Waals surface area contributed by atoms with Gasteiger partial charge in [-0.25, -0.2) is 15.0 Å². The number of piperidine rings is 1. The lowest BCUT2D eigenvalue weighted by Gasteiger charge is -2.31. The van der Waals surface area contributed by atoms with Crippen LogP contribution in [0.1, 0.15) is 36.0 Å². The standard InChI is InChI=1S/C26H26N4O4/c1-32-20-8-4-6-18(12-20)13-21-14-27-25(34-21)19-7-5-11-30(15-19)24(31)16-33-26-22-9-2-3-10-23(22)28-17-29-26/h2-4,6,8-10,12,14,17,19H,5,7,11,13,15-16H2,1H3. The molecule has 4 aromatic rings. The quantitative estimate of drug-likeness (QED) is 0.413. The molecular formula is C26H26N4O4. The number of amides is 1. The third-order valence-electron chi connectivity index (χ3n) is 6.05. The molecule has 1 fully saturated rings. The van der Waals surface area contributed by atoms with E-state index < -0.39 is 0 Å². The van der Waals surface area contributed by atoms with E-state index in [1.54, 1.807) is 13.3 Å². The molecule has 0 saturated carbocycles. The van der Waals surface area contributed by atoms with Crippen molar-refractivity contribution in [2.45, 2.75) is 25.2 Å². The van der Waals surface area contributed by atoms with E-state index in [2.05, 4.69) is 15.0 Å². The molecule has 1 aliphatic heterocycles. The molecule has 0 spiro atoms. The van der Waals surface area contributed by atoms with E-state index in [-0.39, 0.29) is 18.4 Å². The van der Waals surface area contributed by atoms with Crippen molar-refractivity contribution in [3.8, 4) is 11.6 Å². The number of carbonyl (C=O) groups excluding carboxylic acids is 1. The molecular weight excluding hydrogens is 432 g/mol. The zero-order valence-corrected chi connectivity index (χ0v) is 19.0. The summed E-state index contributed by atoms with van der Waals surface area (Å²) in [6.45, 7) is 1.19. The molecule has 0 radical (unpaired) electrons. The van der Waals surface area contributed by atoms with Gasteiger partial charge in [0.1, 0.15) is 17.8 Å². The summed E-state index contributed by atoms with van der Waals surface area (Å²) in [5.74, 6) is 2.70. The summed E-state index contributed by atoms with van der Waals surface area (Å²) in [5, 5.41) is 0.790. The number of likely N-dealkylation sites (tertiary alicyclic amines) is 1. The molecule has 1 aliphatic rings. The Labute approximate surface area is 197 Å². The first-order chi connectivity index (χ1) is 16.7. The van der Waals surface area contributed by atoms with Crippen LogP contribution in [0.15, 0.2) is 65.5 Å². The monoisotopic (exact) mass is 458 g/mol. The number of methoxy groups -OCH3 is 1. The maximum atomic E-state index is 12.9. The Morgan fingerprint density at radius 1 is 1.15 bits per heavy atom. The van der Waals surface area contributed by atoms with E-state index in [1.165, 1.54) is 6.33 Å². The molecule has 0 bridgehead atoms. The van der Waals surface area contributed by atoms with Crippen LogP contribution >= 0.6 is 0 Å². The number of aromatic nitrogens is 3. The van der Waals surface area contributed by atoms with Crippen LogP contribution in [0.5, 0.6) is 11.6 Å². The van der Waals surface area contributed by atoms with Crippen LogP contribution in [-0.2, 0) is 11.2 Å². The SMILES string of the molecule is COc1cccc(Cc2cnc(C3CCCN(C(=O)COc4ncnc5ccccc45)C3)o2)c1. The van der Waals surface area contributed by atoms with Crippen LogP contribution in [0.25, 0.3) is 10.9 Å². The Morgan fingerprint density at radius 2 is 2.06 bits per heavy atom. The predicted octanol–water partition coefficient (Wildman–Crippen LogP) is 4.00. The topological polar surface area (TPSA) is 90.6 Å². The Kier molecular flexibility index (Phi) is 6.38. The van der Waals surface area contributed by atoms with E-state index in [4.69, 9.17) is 13.9 Å². The molecule has 1 atom stereocenters. The third kappa shape index (κ3) is 4.85. The fourth-order valence-corrected chi connectivity index (χ4v) is 4.30. The van der Waals surface area contributed by atoms with Gasteiger partial charge in [0.2, 0.25) is 5.88 Å². The number of ether oxygens (including phenoxy) is 2. The number of hydrogen-bond donors (Lipinski definition) is 0. The van der Waals surface area contributed by atoms with Gasteiger partial charge < -0.3 is 18.8 Å². The lowest BCUT2D eigenvalue weighted by molar-refractivity contribution is -0.134. The molecule has 174 valence electrons. The van der Waals surface area contributed by atoms with Gasteiger partial charge in [-0.15, -0.1) is 0 Å². The van der Waals surface area contributed by atoms with Gasteiger partial charge in [-0.2, -0.15) is 0 Å². The van der Waals surface area contributed by atoms with Gasteiger partial charge in [-0.1, -0.05) is 24.3 Å². The second-order valence-corrected chi connectivity index (χ2v) is 8.36. The Balaban J connectivity index is 1.20. The molecule has 2 aromatic carbocycles. The second kappa shape index (κ2) is 9.91. The highest BCUT2D eigenvalue weighted by Gasteiger charge is 2.28. The van der Waals surface area contributed by atoms with Crippen LogP contribution in [0, 0.1) is 0 Å². The number of hydrogen-bond acceptors (Lipinski definition) is 7. The van der Waals surface area contributed by atoms with Gasteiger partial charge in [0.05, 0.1) is 30.1 Å². The van der Waals surface area contributed by atoms with Gasteiger partial charge in [-0.05, 0) is 42.7 Å². The van der Waals surface area contributed by atoms with E-state index in [9.17, 15) is 4.79 Å². The Morgan fingerprint density at radius 3 is 2.97 bits per heavy atom. The molecule has 2 aromatic heterocycles. The summed E-state index contributed by atoms with van der Waals surface area (Å²) in [7, 11) is 1.66. The van der Waals surface area contributed by atoms with Gasteiger partial charge in [0, 0.05) is 19.5 Å². The van der Waals surface area contributed by atoms with E-state index in [1.807, 2.05) is 53.4 Å². The lowest BCUT2D eigenvalue weighted by atomic mass is 9.98. The Hall–Kier alpha value is -3.94. The normalized spacial score (nSPS) is 15.9. The number of fused-ring (bicyclic) bond motifs is 1. The zero-order chi connectivity index (χ0) is 23.3. The van der Waals surface area contributed by atoms with Gasteiger partial charge >= 0.3 is 0 Å². The molecule has 8 nitrogen and oxygen atoms in total. The summed E-state index contributed by atoms with van der Waals surface area (Å²) in [5.41, 5.74) is 1.88. The summed E-state index contributed by atoms with van der Waals surface area (Å²) >= 11 is 0. The number of benzene rings is 2. The summed E-state index contributed by atoms with van der Waals surface area (Å²) < 4.78 is 17.1. The number of oxazole rings is 1. The first-order valence-corrected chi connectivity index (χ1v) is 11.4. The molecule has 5 rings (SSSR count). The first kappa shape index (κ1) is 21.9. The van der Waals surface area contributed by atoms with Crippen LogP contribution in [0.3, 0.4) is 0 Å². The molecule has 0 N–H and O–H groups in total. The number of rotatable bonds is 7. The highest BCUT2D eigenvalue weighted by atomic mass is 16.5. The highest BCUT2D eigenvalue weighted by Crippen LogP contribution is 2.28. The van der Waals surface area contributed by atoms with Gasteiger partial charge in [-0.3, -0.25) is 4.79 Å². The van der Waals surface area contributed by atoms with E-state index in [0.717, 1.165) is 40.8 Å². The first-order valence-electron chi connectivity index (χ1n) is 11.4. The lowest BCUT2D eigenvalue weighted by Crippen LogP contribution is -2.41. The number of carbonyl (C=O) groups is 1. The molecule has 34 heavy (non-hydrogen) atoms. The minimum Gasteiger partial charge on any atom is -0.497 e. The van der Waals surface area contributed by atoms with Crippen LogP contribution in [0.2, 0.25) is 0 Å². The molecule has 1 amide bonds. The van der Waals surface area contributed by atoms with Crippen molar-refractivity contribution < 1.29 is 18.7 Å². The summed E-state index contributed by atoms with van der Waals surface area (Å²) in [4.78, 5) is 27.7. The van der Waals surface area contributed by atoms with Crippen LogP contribution < -0.4 is 9.47 Å².